The van der Waals surface area contributed by atoms with Crippen LogP contribution in [0.25, 0.3) is 0 Å². The molecule has 0 saturated carbocycles. The van der Waals surface area contributed by atoms with Crippen LogP contribution in [0.15, 0.2) is 71.2 Å². The minimum absolute atomic E-state index is 0.0129. The smallest absolute Gasteiger partial charge is 0.317 e. The van der Waals surface area contributed by atoms with Crippen molar-refractivity contribution in [2.24, 2.45) is 5.92 Å². The molecule has 1 aromatic heterocycles. The Bertz CT molecular complexity index is 1520. The molecular weight excluding hydrogens is 530 g/mol. The molecule has 39 heavy (non-hydrogen) atoms. The molecule has 0 radical (unpaired) electrons. The van der Waals surface area contributed by atoms with Crippen molar-refractivity contribution < 1.29 is 32.8 Å². The highest BCUT2D eigenvalue weighted by Crippen LogP contribution is 2.50. The molecule has 1 aliphatic heterocycles. The third kappa shape index (κ3) is 4.74. The lowest BCUT2D eigenvalue weighted by molar-refractivity contribution is -0.384. The average Bonchev–Trinajstić information content (AvgIpc) is 3.44. The van der Waals surface area contributed by atoms with E-state index < -0.39 is 52.0 Å². The fourth-order valence-corrected chi connectivity index (χ4v) is 6.25. The fraction of sp³-hybridized carbons (Fsp3) is 0.250. The summed E-state index contributed by atoms with van der Waals surface area (Å²) in [6.45, 7) is 1.67. The number of carbonyl (C=O) groups excluding carboxylic acids is 3. The van der Waals surface area contributed by atoms with Gasteiger partial charge in [-0.05, 0) is 42.5 Å². The highest BCUT2D eigenvalue weighted by Gasteiger charge is 2.50. The van der Waals surface area contributed by atoms with Crippen LogP contribution < -0.4 is 4.90 Å². The number of hydrogen-bond donors (Lipinski definition) is 0. The van der Waals surface area contributed by atoms with E-state index in [2.05, 4.69) is 0 Å². The SMILES string of the molecule is CCOC(=O)[C@@H]1C(=O)C2=C(C[C@H]1c1cccs1)N(c1ccc(F)cc1F)C(=O)C[C@H]2c1cccc([N+](=O)[O-])c1. The van der Waals surface area contributed by atoms with Gasteiger partial charge >= 0.3 is 5.97 Å². The van der Waals surface area contributed by atoms with Gasteiger partial charge < -0.3 is 4.74 Å². The molecule has 2 aliphatic rings. The number of ketones is 1. The summed E-state index contributed by atoms with van der Waals surface area (Å²) in [6.07, 6.45) is -0.305. The molecule has 0 saturated heterocycles. The van der Waals surface area contributed by atoms with Gasteiger partial charge in [0.05, 0.1) is 17.2 Å². The van der Waals surface area contributed by atoms with Crippen LogP contribution in [0.5, 0.6) is 0 Å². The van der Waals surface area contributed by atoms with E-state index in [1.54, 1.807) is 30.5 Å². The van der Waals surface area contributed by atoms with E-state index in [9.17, 15) is 28.9 Å². The molecule has 8 nitrogen and oxygen atoms in total. The molecule has 1 aliphatic carbocycles. The van der Waals surface area contributed by atoms with Gasteiger partial charge in [0.1, 0.15) is 17.6 Å². The number of nitro benzene ring substituents is 1. The minimum atomic E-state index is -1.23. The standard InChI is InChI=1S/C28H22F2N2O6S/c1-2-38-28(35)26-19(23-7-4-10-39-23)13-22-25(27(26)34)18(15-5-3-6-17(11-15)32(36)37)14-24(33)31(22)21-9-8-16(29)12-20(21)30/h3-12,18-19,26H,2,13-14H2,1H3/t18-,19-,26-/m0/s1. The lowest BCUT2D eigenvalue weighted by Crippen LogP contribution is -2.46. The van der Waals surface area contributed by atoms with Gasteiger partial charge in [-0.2, -0.15) is 0 Å². The van der Waals surface area contributed by atoms with Gasteiger partial charge in [-0.1, -0.05) is 18.2 Å². The number of hydrogen-bond acceptors (Lipinski definition) is 7. The number of non-ortho nitro benzene ring substituents is 1. The van der Waals surface area contributed by atoms with Gasteiger partial charge in [0.25, 0.3) is 5.69 Å². The number of allylic oxidation sites excluding steroid dienone is 2. The molecule has 5 rings (SSSR count). The maximum Gasteiger partial charge on any atom is 0.317 e. The third-order valence-corrected chi connectivity index (χ3v) is 8.01. The number of nitrogens with zero attached hydrogens (tertiary/aromatic N) is 2. The lowest BCUT2D eigenvalue weighted by atomic mass is 9.69. The van der Waals surface area contributed by atoms with E-state index in [1.165, 1.54) is 29.5 Å². The van der Waals surface area contributed by atoms with Crippen LogP contribution in [0, 0.1) is 27.7 Å². The van der Waals surface area contributed by atoms with Crippen molar-refractivity contribution in [3.63, 3.8) is 0 Å². The van der Waals surface area contributed by atoms with E-state index in [0.29, 0.717) is 16.5 Å². The minimum Gasteiger partial charge on any atom is -0.465 e. The Morgan fingerprint density at radius 3 is 2.59 bits per heavy atom. The van der Waals surface area contributed by atoms with Crippen molar-refractivity contribution >= 4 is 40.4 Å². The zero-order valence-electron chi connectivity index (χ0n) is 20.6. The summed E-state index contributed by atoms with van der Waals surface area (Å²) >= 11 is 1.33. The van der Waals surface area contributed by atoms with Crippen molar-refractivity contribution in [3.8, 4) is 0 Å². The van der Waals surface area contributed by atoms with Crippen LogP contribution >= 0.6 is 11.3 Å². The Balaban J connectivity index is 1.74. The van der Waals surface area contributed by atoms with Gasteiger partial charge in [-0.15, -0.1) is 11.3 Å². The van der Waals surface area contributed by atoms with Crippen molar-refractivity contribution in [2.45, 2.75) is 31.6 Å². The molecular formula is C28H22F2N2O6S. The van der Waals surface area contributed by atoms with Gasteiger partial charge in [-0.3, -0.25) is 29.4 Å². The fourth-order valence-electron chi connectivity index (χ4n) is 5.38. The lowest BCUT2D eigenvalue weighted by Gasteiger charge is -2.42. The molecule has 0 fully saturated rings. The number of anilines is 1. The summed E-state index contributed by atoms with van der Waals surface area (Å²) in [5, 5.41) is 13.2. The quantitative estimate of drug-likeness (QED) is 0.169. The molecule has 11 heteroatoms. The van der Waals surface area contributed by atoms with E-state index in [0.717, 1.165) is 17.0 Å². The number of amides is 1. The number of Topliss-reactive ketones (excluding diaryl/α,β-unsaturated/α-hetero) is 1. The second kappa shape index (κ2) is 10.5. The van der Waals surface area contributed by atoms with Crippen LogP contribution in [-0.4, -0.2) is 29.2 Å². The zero-order valence-corrected chi connectivity index (χ0v) is 21.5. The topological polar surface area (TPSA) is 107 Å². The molecule has 0 bridgehead atoms. The summed E-state index contributed by atoms with van der Waals surface area (Å²) in [5.41, 5.74) is 0.159. The normalized spacial score (nSPS) is 21.1. The number of carbonyl (C=O) groups is 3. The highest BCUT2D eigenvalue weighted by atomic mass is 32.1. The van der Waals surface area contributed by atoms with Gasteiger partial charge in [-0.25, -0.2) is 8.78 Å². The maximum absolute atomic E-state index is 15.0. The summed E-state index contributed by atoms with van der Waals surface area (Å²) in [5.74, 6) is -6.54. The van der Waals surface area contributed by atoms with Crippen LogP contribution in [-0.2, 0) is 19.1 Å². The molecule has 2 heterocycles. The van der Waals surface area contributed by atoms with Crippen molar-refractivity contribution in [1.82, 2.24) is 0 Å². The monoisotopic (exact) mass is 552 g/mol. The molecule has 0 spiro atoms. The number of halogens is 2. The molecule has 1 amide bonds. The van der Waals surface area contributed by atoms with Gasteiger partial charge in [0.15, 0.2) is 5.78 Å². The third-order valence-electron chi connectivity index (χ3n) is 7.00. The Labute approximate surface area is 225 Å². The predicted octanol–water partition coefficient (Wildman–Crippen LogP) is 5.65. The summed E-state index contributed by atoms with van der Waals surface area (Å²) in [7, 11) is 0. The predicted molar refractivity (Wildman–Crippen MR) is 138 cm³/mol. The van der Waals surface area contributed by atoms with Crippen LogP contribution in [0.4, 0.5) is 20.2 Å². The molecule has 0 N–H and O–H groups in total. The first-order valence-corrected chi connectivity index (χ1v) is 13.1. The number of thiophene rings is 1. The Morgan fingerprint density at radius 1 is 1.13 bits per heavy atom. The van der Waals surface area contributed by atoms with E-state index in [1.807, 2.05) is 0 Å². The second-order valence-electron chi connectivity index (χ2n) is 9.21. The summed E-state index contributed by atoms with van der Waals surface area (Å²) in [6, 6.07) is 11.9. The Hall–Kier alpha value is -4.25. The van der Waals surface area contributed by atoms with E-state index >= 15 is 4.39 Å². The highest BCUT2D eigenvalue weighted by molar-refractivity contribution is 7.10. The zero-order chi connectivity index (χ0) is 27.8. The molecule has 200 valence electrons. The first kappa shape index (κ1) is 26.4. The molecule has 3 atom stereocenters. The van der Waals surface area contributed by atoms with E-state index in [-0.39, 0.29) is 42.1 Å². The van der Waals surface area contributed by atoms with Crippen molar-refractivity contribution in [1.29, 1.82) is 0 Å². The molecule has 2 aromatic carbocycles. The first-order valence-electron chi connectivity index (χ1n) is 12.2. The summed E-state index contributed by atoms with van der Waals surface area (Å²) in [4.78, 5) is 53.6. The number of ether oxygens (including phenoxy) is 1. The van der Waals surface area contributed by atoms with Crippen molar-refractivity contribution in [2.75, 3.05) is 11.5 Å². The maximum atomic E-state index is 15.0. The van der Waals surface area contributed by atoms with Crippen LogP contribution in [0.2, 0.25) is 0 Å². The average molecular weight is 553 g/mol. The number of benzene rings is 2. The number of esters is 1. The number of nitro groups is 1. The Morgan fingerprint density at radius 2 is 1.92 bits per heavy atom. The molecule has 3 aromatic rings. The van der Waals surface area contributed by atoms with Crippen LogP contribution in [0.3, 0.4) is 0 Å². The first-order chi connectivity index (χ1) is 18.7. The van der Waals surface area contributed by atoms with Gasteiger partial charge in [0, 0.05) is 52.6 Å². The number of rotatable bonds is 6. The largest absolute Gasteiger partial charge is 0.465 e. The van der Waals surface area contributed by atoms with E-state index in [4.69, 9.17) is 4.74 Å². The summed E-state index contributed by atoms with van der Waals surface area (Å²) < 4.78 is 34.0. The van der Waals surface area contributed by atoms with Crippen LogP contribution in [0.1, 0.15) is 42.0 Å². The molecule has 0 unspecified atom stereocenters. The van der Waals surface area contributed by atoms with Gasteiger partial charge in [0.2, 0.25) is 5.91 Å². The Kier molecular flexibility index (Phi) is 7.09. The van der Waals surface area contributed by atoms with Crippen molar-refractivity contribution in [3.05, 3.63) is 103 Å². The second-order valence-corrected chi connectivity index (χ2v) is 10.2.